The van der Waals surface area contributed by atoms with Crippen molar-refractivity contribution in [1.82, 2.24) is 0 Å². The Labute approximate surface area is 119 Å². The molecule has 0 bridgehead atoms. The molecule has 0 amide bonds. The van der Waals surface area contributed by atoms with Crippen LogP contribution in [-0.4, -0.2) is 36.3 Å². The van der Waals surface area contributed by atoms with Crippen molar-refractivity contribution >= 4 is 11.7 Å². The molecule has 0 heterocycles. The summed E-state index contributed by atoms with van der Waals surface area (Å²) in [4.78, 5) is 11.5. The second-order valence-corrected chi connectivity index (χ2v) is 3.89. The maximum atomic E-state index is 11.3. The highest BCUT2D eigenvalue weighted by Crippen LogP contribution is 2.35. The molecule has 0 aliphatic heterocycles. The number of carboxylic acid groups (broad SMARTS) is 1. The maximum absolute atomic E-state index is 11.3. The predicted octanol–water partition coefficient (Wildman–Crippen LogP) is 3.80. The van der Waals surface area contributed by atoms with E-state index in [9.17, 15) is 26.7 Å². The zero-order valence-electron chi connectivity index (χ0n) is 11.5. The number of nitrogens with zero attached hydrogens (tertiary/aromatic N) is 1. The summed E-state index contributed by atoms with van der Waals surface area (Å²) in [6.07, 6.45) is -6.02. The van der Waals surface area contributed by atoms with E-state index in [1.165, 1.54) is 5.69 Å². The molecule has 0 atom stereocenters. The Morgan fingerprint density at radius 2 is 1.48 bits per heavy atom. The Bertz CT molecular complexity index is 430. The molecule has 3 nitrogen and oxygen atoms in total. The second kappa shape index (κ2) is 7.80. The molecule has 0 radical (unpaired) electrons. The van der Waals surface area contributed by atoms with Crippen molar-refractivity contribution in [3.63, 3.8) is 0 Å². The number of anilines is 1. The highest BCUT2D eigenvalue weighted by molar-refractivity contribution is 5.76. The first-order valence-corrected chi connectivity index (χ1v) is 6.05. The van der Waals surface area contributed by atoms with Crippen LogP contribution in [0.4, 0.5) is 27.6 Å². The Balaban J connectivity index is 0.000000384. The van der Waals surface area contributed by atoms with Crippen molar-refractivity contribution in [2.75, 3.05) is 18.0 Å². The fraction of sp³-hybridized carbons (Fsp3) is 0.462. The number of aliphatic carboxylic acids is 1. The van der Waals surface area contributed by atoms with Crippen LogP contribution in [0.5, 0.6) is 0 Å². The highest BCUT2D eigenvalue weighted by Gasteiger charge is 2.64. The third kappa shape index (κ3) is 5.57. The average molecular weight is 313 g/mol. The summed E-state index contributed by atoms with van der Waals surface area (Å²) in [7, 11) is 0. The van der Waals surface area contributed by atoms with Crippen LogP contribution in [0.3, 0.4) is 0 Å². The third-order valence-corrected chi connectivity index (χ3v) is 2.51. The lowest BCUT2D eigenvalue weighted by atomic mass is 10.3. The summed E-state index contributed by atoms with van der Waals surface area (Å²) in [5.41, 5.74) is 1.32. The molecule has 0 fully saturated rings. The van der Waals surface area contributed by atoms with Crippen molar-refractivity contribution in [2.24, 2.45) is 0 Å². The molecule has 0 saturated carbocycles. The van der Waals surface area contributed by atoms with Crippen LogP contribution in [0.1, 0.15) is 13.8 Å². The van der Waals surface area contributed by atoms with Crippen LogP contribution in [0.15, 0.2) is 30.3 Å². The van der Waals surface area contributed by atoms with Gasteiger partial charge in [-0.05, 0) is 26.0 Å². The Kier molecular flexibility index (Phi) is 7.11. The molecular weight excluding hydrogens is 297 g/mol. The van der Waals surface area contributed by atoms with Crippen molar-refractivity contribution in [2.45, 2.75) is 25.9 Å². The van der Waals surface area contributed by atoms with E-state index in [1.54, 1.807) is 0 Å². The number of alkyl halides is 5. The van der Waals surface area contributed by atoms with E-state index in [-0.39, 0.29) is 0 Å². The molecule has 0 aromatic heterocycles. The lowest BCUT2D eigenvalue weighted by molar-refractivity contribution is -0.277. The first kappa shape index (κ1) is 19.1. The van der Waals surface area contributed by atoms with E-state index < -0.39 is 18.1 Å². The second-order valence-electron chi connectivity index (χ2n) is 3.89. The molecule has 0 unspecified atom stereocenters. The van der Waals surface area contributed by atoms with Crippen molar-refractivity contribution < 1.29 is 31.9 Å². The molecule has 8 heteroatoms. The molecular formula is C13H16F5NO2. The van der Waals surface area contributed by atoms with Gasteiger partial charge in [-0.1, -0.05) is 18.2 Å². The van der Waals surface area contributed by atoms with Gasteiger partial charge in [0.1, 0.15) is 0 Å². The molecule has 0 saturated heterocycles. The van der Waals surface area contributed by atoms with Gasteiger partial charge in [-0.3, -0.25) is 0 Å². The van der Waals surface area contributed by atoms with Crippen LogP contribution in [0, 0.1) is 0 Å². The summed E-state index contributed by atoms with van der Waals surface area (Å²) >= 11 is 0. The predicted molar refractivity (Wildman–Crippen MR) is 68.6 cm³/mol. The molecule has 21 heavy (non-hydrogen) atoms. The molecule has 0 spiro atoms. The summed E-state index contributed by atoms with van der Waals surface area (Å²) in [5.74, 6) is -8.84. The van der Waals surface area contributed by atoms with Gasteiger partial charge in [-0.15, -0.1) is 0 Å². The lowest BCUT2D eigenvalue weighted by Gasteiger charge is -2.20. The SMILES string of the molecule is CCN(CC)c1ccccc1.O=C(O)C(F)(F)C(F)(F)F. The molecule has 0 aliphatic carbocycles. The Hall–Kier alpha value is -1.86. The number of carbonyl (C=O) groups is 1. The summed E-state index contributed by atoms with van der Waals surface area (Å²) in [6, 6.07) is 10.5. The minimum Gasteiger partial charge on any atom is -0.477 e. The van der Waals surface area contributed by atoms with E-state index in [4.69, 9.17) is 5.11 Å². The number of rotatable bonds is 4. The lowest BCUT2D eigenvalue weighted by Crippen LogP contribution is -2.43. The van der Waals surface area contributed by atoms with Gasteiger partial charge in [0.05, 0.1) is 0 Å². The molecule has 1 N–H and O–H groups in total. The van der Waals surface area contributed by atoms with Gasteiger partial charge in [-0.2, -0.15) is 22.0 Å². The van der Waals surface area contributed by atoms with Crippen LogP contribution in [0.2, 0.25) is 0 Å². The highest BCUT2D eigenvalue weighted by atomic mass is 19.4. The Morgan fingerprint density at radius 3 is 1.71 bits per heavy atom. The molecule has 1 rings (SSSR count). The topological polar surface area (TPSA) is 40.5 Å². The van der Waals surface area contributed by atoms with Crippen molar-refractivity contribution in [3.05, 3.63) is 30.3 Å². The average Bonchev–Trinajstić information content (AvgIpc) is 2.40. The minimum atomic E-state index is -6.02. The minimum absolute atomic E-state index is 1.08. The quantitative estimate of drug-likeness (QED) is 0.860. The first-order chi connectivity index (χ1) is 9.57. The summed E-state index contributed by atoms with van der Waals surface area (Å²) in [6.45, 7) is 6.52. The molecule has 0 aliphatic rings. The number of carboxylic acids is 1. The number of hydrogen-bond donors (Lipinski definition) is 1. The largest absolute Gasteiger partial charge is 0.477 e. The van der Waals surface area contributed by atoms with Crippen molar-refractivity contribution in [3.8, 4) is 0 Å². The van der Waals surface area contributed by atoms with E-state index in [0.717, 1.165) is 13.1 Å². The van der Waals surface area contributed by atoms with Crippen LogP contribution in [-0.2, 0) is 4.79 Å². The zero-order chi connectivity index (χ0) is 16.7. The monoisotopic (exact) mass is 313 g/mol. The summed E-state index contributed by atoms with van der Waals surface area (Å²) < 4.78 is 55.5. The van der Waals surface area contributed by atoms with Gasteiger partial charge in [0, 0.05) is 18.8 Å². The van der Waals surface area contributed by atoms with Crippen LogP contribution >= 0.6 is 0 Å². The van der Waals surface area contributed by atoms with Gasteiger partial charge >= 0.3 is 18.1 Å². The van der Waals surface area contributed by atoms with Gasteiger partial charge in [0.15, 0.2) is 0 Å². The van der Waals surface area contributed by atoms with E-state index in [1.807, 2.05) is 6.07 Å². The fourth-order valence-corrected chi connectivity index (χ4v) is 1.35. The normalized spacial score (nSPS) is 11.4. The van der Waals surface area contributed by atoms with Crippen molar-refractivity contribution in [1.29, 1.82) is 0 Å². The standard InChI is InChI=1S/C10H15N.C3HF5O2/c1-3-11(4-2)10-8-6-5-7-9-10;4-2(5,1(9)10)3(6,7)8/h5-9H,3-4H2,1-2H3;(H,9,10). The summed E-state index contributed by atoms with van der Waals surface area (Å²) in [5, 5.41) is 7.31. The van der Waals surface area contributed by atoms with Gasteiger partial charge in [0.2, 0.25) is 0 Å². The van der Waals surface area contributed by atoms with E-state index in [0.29, 0.717) is 0 Å². The zero-order valence-corrected chi connectivity index (χ0v) is 11.5. The number of hydrogen-bond acceptors (Lipinski definition) is 2. The molecule has 120 valence electrons. The van der Waals surface area contributed by atoms with Crippen LogP contribution in [0.25, 0.3) is 0 Å². The van der Waals surface area contributed by atoms with Crippen LogP contribution < -0.4 is 4.90 Å². The fourth-order valence-electron chi connectivity index (χ4n) is 1.35. The van der Waals surface area contributed by atoms with Gasteiger partial charge in [-0.25, -0.2) is 4.79 Å². The Morgan fingerprint density at radius 1 is 1.05 bits per heavy atom. The van der Waals surface area contributed by atoms with E-state index >= 15 is 0 Å². The maximum Gasteiger partial charge on any atom is 0.465 e. The molecule has 1 aromatic carbocycles. The number of benzene rings is 1. The molecule has 1 aromatic rings. The smallest absolute Gasteiger partial charge is 0.465 e. The number of halogens is 5. The van der Waals surface area contributed by atoms with Gasteiger partial charge in [0.25, 0.3) is 0 Å². The first-order valence-electron chi connectivity index (χ1n) is 6.05. The van der Waals surface area contributed by atoms with E-state index in [2.05, 4.69) is 43.0 Å². The third-order valence-electron chi connectivity index (χ3n) is 2.51. The number of para-hydroxylation sites is 1. The van der Waals surface area contributed by atoms with Gasteiger partial charge < -0.3 is 10.0 Å².